The Labute approximate surface area is 70.5 Å². The van der Waals surface area contributed by atoms with Gasteiger partial charge in [-0.15, -0.1) is 0 Å². The molecule has 1 saturated heterocycles. The fraction of sp³-hybridized carbons (Fsp3) is 0.778. The first-order valence-corrected chi connectivity index (χ1v) is 4.27. The molecule has 2 nitrogen and oxygen atoms in total. The summed E-state index contributed by atoms with van der Waals surface area (Å²) in [4.78, 5) is 4.47. The Hall–Kier alpha value is -0.500. The van der Waals surface area contributed by atoms with Gasteiger partial charge < -0.3 is 4.90 Å². The molecule has 0 amide bonds. The van der Waals surface area contributed by atoms with Crippen molar-refractivity contribution in [2.75, 3.05) is 27.3 Å². The molecule has 1 rings (SSSR count). The molecule has 1 aliphatic rings. The van der Waals surface area contributed by atoms with Gasteiger partial charge in [0.15, 0.2) is 0 Å². The summed E-state index contributed by atoms with van der Waals surface area (Å²) < 4.78 is 0. The first kappa shape index (κ1) is 10.5. The van der Waals surface area contributed by atoms with Crippen LogP contribution in [-0.4, -0.2) is 37.1 Å². The van der Waals surface area contributed by atoms with Gasteiger partial charge in [-0.25, -0.2) is 0 Å². The minimum atomic E-state index is 1.03. The highest BCUT2D eigenvalue weighted by Gasteiger charge is 2.11. The number of nitrogens with zero attached hydrogens (tertiary/aromatic N) is 2. The molecule has 0 aromatic heterocycles. The summed E-state index contributed by atoms with van der Waals surface area (Å²) in [6.45, 7) is 10.1. The van der Waals surface area contributed by atoms with Crippen LogP contribution in [0.25, 0.3) is 0 Å². The first-order valence-electron chi connectivity index (χ1n) is 4.27. The van der Waals surface area contributed by atoms with Gasteiger partial charge in [0.05, 0.1) is 6.67 Å². The van der Waals surface area contributed by atoms with E-state index in [2.05, 4.69) is 30.5 Å². The topological polar surface area (TPSA) is 6.48 Å². The van der Waals surface area contributed by atoms with E-state index >= 15 is 0 Å². The van der Waals surface area contributed by atoms with Gasteiger partial charge in [0, 0.05) is 19.3 Å². The lowest BCUT2D eigenvalue weighted by atomic mass is 10.2. The van der Waals surface area contributed by atoms with Crippen molar-refractivity contribution in [1.82, 2.24) is 9.80 Å². The Balaban J connectivity index is 0.000000461. The minimum absolute atomic E-state index is 1.03. The monoisotopic (exact) mass is 156 g/mol. The zero-order chi connectivity index (χ0) is 8.85. The van der Waals surface area contributed by atoms with Crippen molar-refractivity contribution in [3.63, 3.8) is 0 Å². The Bertz CT molecular complexity index is 121. The second kappa shape index (κ2) is 5.19. The molecular weight excluding hydrogens is 136 g/mol. The van der Waals surface area contributed by atoms with Crippen molar-refractivity contribution in [2.24, 2.45) is 0 Å². The van der Waals surface area contributed by atoms with Gasteiger partial charge in [-0.3, -0.25) is 4.90 Å². The number of hydrogen-bond acceptors (Lipinski definition) is 2. The Morgan fingerprint density at radius 2 is 1.82 bits per heavy atom. The molecule has 0 aliphatic carbocycles. The average Bonchev–Trinajstić information content (AvgIpc) is 2.02. The quantitative estimate of drug-likeness (QED) is 0.527. The summed E-state index contributed by atoms with van der Waals surface area (Å²) in [5.74, 6) is 0. The molecule has 2 heteroatoms. The molecule has 1 aliphatic heterocycles. The molecule has 0 bridgehead atoms. The molecule has 0 aromatic carbocycles. The van der Waals surface area contributed by atoms with Crippen molar-refractivity contribution in [3.05, 3.63) is 12.3 Å². The standard InChI is InChI=1S/C7H14N2.C2H6/c1-7-4-5-8(2)6-9(7)3;1-2/h1,4-6H2,2-3H3;1-2H3. The van der Waals surface area contributed by atoms with Crippen LogP contribution in [0.5, 0.6) is 0 Å². The normalized spacial score (nSPS) is 19.3. The Kier molecular flexibility index (Phi) is 4.95. The van der Waals surface area contributed by atoms with Crippen molar-refractivity contribution >= 4 is 0 Å². The van der Waals surface area contributed by atoms with Gasteiger partial charge in [0.2, 0.25) is 0 Å². The third kappa shape index (κ3) is 3.42. The highest BCUT2D eigenvalue weighted by molar-refractivity contribution is 4.95. The molecule has 0 radical (unpaired) electrons. The highest BCUT2D eigenvalue weighted by atomic mass is 15.3. The van der Waals surface area contributed by atoms with Crippen LogP contribution < -0.4 is 0 Å². The van der Waals surface area contributed by atoms with Crippen LogP contribution in [0.2, 0.25) is 0 Å². The van der Waals surface area contributed by atoms with Crippen molar-refractivity contribution < 1.29 is 0 Å². The van der Waals surface area contributed by atoms with E-state index in [9.17, 15) is 0 Å². The minimum Gasteiger partial charge on any atom is -0.365 e. The summed E-state index contributed by atoms with van der Waals surface area (Å²) in [6.07, 6.45) is 1.12. The second-order valence-corrected chi connectivity index (χ2v) is 2.74. The molecule has 11 heavy (non-hydrogen) atoms. The lowest BCUT2D eigenvalue weighted by molar-refractivity contribution is 0.173. The Morgan fingerprint density at radius 1 is 1.27 bits per heavy atom. The molecule has 1 fully saturated rings. The third-order valence-electron chi connectivity index (χ3n) is 1.78. The predicted molar refractivity (Wildman–Crippen MR) is 50.4 cm³/mol. The molecule has 1 heterocycles. The molecule has 0 atom stereocenters. The molecule has 0 spiro atoms. The molecule has 0 N–H and O–H groups in total. The molecule has 0 unspecified atom stereocenters. The van der Waals surface area contributed by atoms with Crippen LogP contribution in [0.3, 0.4) is 0 Å². The van der Waals surface area contributed by atoms with Gasteiger partial charge in [-0.05, 0) is 13.5 Å². The average molecular weight is 156 g/mol. The summed E-state index contributed by atoms with van der Waals surface area (Å²) in [5.41, 5.74) is 1.26. The van der Waals surface area contributed by atoms with Crippen molar-refractivity contribution in [2.45, 2.75) is 20.3 Å². The second-order valence-electron chi connectivity index (χ2n) is 2.74. The van der Waals surface area contributed by atoms with Crippen LogP contribution >= 0.6 is 0 Å². The van der Waals surface area contributed by atoms with Gasteiger partial charge in [-0.2, -0.15) is 0 Å². The highest BCUT2D eigenvalue weighted by Crippen LogP contribution is 2.10. The Morgan fingerprint density at radius 3 is 2.18 bits per heavy atom. The van der Waals surface area contributed by atoms with Crippen LogP contribution in [0, 0.1) is 0 Å². The van der Waals surface area contributed by atoms with E-state index in [-0.39, 0.29) is 0 Å². The summed E-state index contributed by atoms with van der Waals surface area (Å²) in [6, 6.07) is 0. The molecule has 0 saturated carbocycles. The van der Waals surface area contributed by atoms with Crippen LogP contribution in [0.4, 0.5) is 0 Å². The van der Waals surface area contributed by atoms with Crippen molar-refractivity contribution in [3.8, 4) is 0 Å². The van der Waals surface area contributed by atoms with Crippen LogP contribution in [0.1, 0.15) is 20.3 Å². The smallest absolute Gasteiger partial charge is 0.0698 e. The largest absolute Gasteiger partial charge is 0.365 e. The van der Waals surface area contributed by atoms with E-state index < -0.39 is 0 Å². The van der Waals surface area contributed by atoms with Gasteiger partial charge in [0.25, 0.3) is 0 Å². The van der Waals surface area contributed by atoms with Crippen LogP contribution in [0.15, 0.2) is 12.3 Å². The first-order chi connectivity index (χ1) is 5.20. The molecule has 0 aromatic rings. The van der Waals surface area contributed by atoms with Crippen molar-refractivity contribution in [1.29, 1.82) is 0 Å². The van der Waals surface area contributed by atoms with E-state index in [0.717, 1.165) is 19.6 Å². The lowest BCUT2D eigenvalue weighted by Crippen LogP contribution is -2.38. The lowest BCUT2D eigenvalue weighted by Gasteiger charge is -2.33. The third-order valence-corrected chi connectivity index (χ3v) is 1.78. The van der Waals surface area contributed by atoms with Crippen LogP contribution in [-0.2, 0) is 0 Å². The van der Waals surface area contributed by atoms with Gasteiger partial charge in [-0.1, -0.05) is 20.4 Å². The molecule has 66 valence electrons. The zero-order valence-corrected chi connectivity index (χ0v) is 8.22. The summed E-state index contributed by atoms with van der Waals surface area (Å²) in [5, 5.41) is 0. The zero-order valence-electron chi connectivity index (χ0n) is 8.22. The maximum absolute atomic E-state index is 3.93. The fourth-order valence-electron chi connectivity index (χ4n) is 1.04. The van der Waals surface area contributed by atoms with E-state index in [1.54, 1.807) is 0 Å². The molecular formula is C9H20N2. The van der Waals surface area contributed by atoms with Gasteiger partial charge in [0.1, 0.15) is 0 Å². The van der Waals surface area contributed by atoms with E-state index in [1.165, 1.54) is 5.70 Å². The number of hydrogen-bond donors (Lipinski definition) is 0. The fourth-order valence-corrected chi connectivity index (χ4v) is 1.04. The summed E-state index contributed by atoms with van der Waals surface area (Å²) >= 11 is 0. The maximum Gasteiger partial charge on any atom is 0.0698 e. The van der Waals surface area contributed by atoms with E-state index in [1.807, 2.05) is 13.8 Å². The maximum atomic E-state index is 3.93. The summed E-state index contributed by atoms with van der Waals surface area (Å²) in [7, 11) is 4.21. The number of rotatable bonds is 0. The van der Waals surface area contributed by atoms with Gasteiger partial charge >= 0.3 is 0 Å². The van der Waals surface area contributed by atoms with E-state index in [4.69, 9.17) is 0 Å². The predicted octanol–water partition coefficient (Wildman–Crippen LogP) is 1.75. The van der Waals surface area contributed by atoms with E-state index in [0.29, 0.717) is 0 Å². The SMILES string of the molecule is C=C1CCN(C)CN1C.CC.